The zero-order chi connectivity index (χ0) is 12.9. The lowest BCUT2D eigenvalue weighted by Gasteiger charge is -2.35. The van der Waals surface area contributed by atoms with E-state index >= 15 is 0 Å². The molecule has 0 saturated carbocycles. The van der Waals surface area contributed by atoms with Crippen LogP contribution in [0.4, 0.5) is 0 Å². The van der Waals surface area contributed by atoms with E-state index < -0.39 is 0 Å². The highest BCUT2D eigenvalue weighted by Gasteiger charge is 2.34. The molecule has 2 aromatic rings. The van der Waals surface area contributed by atoms with Crippen LogP contribution in [0.15, 0.2) is 36.4 Å². The zero-order valence-corrected chi connectivity index (χ0v) is 11.4. The molecule has 1 nitrogen and oxygen atoms in total. The van der Waals surface area contributed by atoms with Crippen molar-refractivity contribution in [2.45, 2.75) is 33.1 Å². The molecule has 0 spiro atoms. The summed E-state index contributed by atoms with van der Waals surface area (Å²) in [5, 5.41) is 0. The van der Waals surface area contributed by atoms with E-state index in [1.165, 1.54) is 22.3 Å². The van der Waals surface area contributed by atoms with Gasteiger partial charge in [-0.1, -0.05) is 49.2 Å². The summed E-state index contributed by atoms with van der Waals surface area (Å²) in [5.41, 5.74) is 5.12. The second kappa shape index (κ2) is 3.61. The van der Waals surface area contributed by atoms with E-state index in [1.54, 1.807) is 0 Å². The average molecular weight is 238 g/mol. The van der Waals surface area contributed by atoms with Crippen molar-refractivity contribution in [1.82, 2.24) is 0 Å². The Labute approximate surface area is 108 Å². The highest BCUT2D eigenvalue weighted by atomic mass is 16.5. The van der Waals surface area contributed by atoms with Crippen LogP contribution in [0.1, 0.15) is 36.1 Å². The van der Waals surface area contributed by atoms with Crippen LogP contribution in [0.5, 0.6) is 11.5 Å². The monoisotopic (exact) mass is 238 g/mol. The molecule has 0 amide bonds. The van der Waals surface area contributed by atoms with Crippen molar-refractivity contribution < 1.29 is 4.74 Å². The van der Waals surface area contributed by atoms with Crippen LogP contribution >= 0.6 is 0 Å². The summed E-state index contributed by atoms with van der Waals surface area (Å²) in [6.07, 6.45) is 0. The van der Waals surface area contributed by atoms with E-state index in [0.29, 0.717) is 0 Å². The lowest BCUT2D eigenvalue weighted by atomic mass is 9.75. The van der Waals surface area contributed by atoms with Crippen LogP contribution in [0.25, 0.3) is 0 Å². The van der Waals surface area contributed by atoms with E-state index in [2.05, 4.69) is 64.1 Å². The Morgan fingerprint density at radius 3 is 1.67 bits per heavy atom. The van der Waals surface area contributed by atoms with Gasteiger partial charge in [0.25, 0.3) is 0 Å². The highest BCUT2D eigenvalue weighted by molar-refractivity contribution is 5.57. The summed E-state index contributed by atoms with van der Waals surface area (Å²) in [6.45, 7) is 8.79. The lowest BCUT2D eigenvalue weighted by molar-refractivity contribution is 0.417. The fraction of sp³-hybridized carbons (Fsp3) is 0.294. The quantitative estimate of drug-likeness (QED) is 0.644. The molecule has 1 aliphatic heterocycles. The molecule has 0 unspecified atom stereocenters. The summed E-state index contributed by atoms with van der Waals surface area (Å²) in [4.78, 5) is 0. The van der Waals surface area contributed by atoms with Gasteiger partial charge in [-0.15, -0.1) is 0 Å². The molecule has 0 radical (unpaired) electrons. The topological polar surface area (TPSA) is 9.23 Å². The summed E-state index contributed by atoms with van der Waals surface area (Å²) in [7, 11) is 0. The van der Waals surface area contributed by atoms with Gasteiger partial charge in [-0.25, -0.2) is 0 Å². The number of hydrogen-bond donors (Lipinski definition) is 0. The maximum absolute atomic E-state index is 6.02. The zero-order valence-electron chi connectivity index (χ0n) is 11.4. The minimum atomic E-state index is 0.000949. The SMILES string of the molecule is Cc1ccc2c(c1)C(C)(C)c1cc(C)ccc1O2. The lowest BCUT2D eigenvalue weighted by Crippen LogP contribution is -2.24. The van der Waals surface area contributed by atoms with Crippen LogP contribution in [0, 0.1) is 13.8 Å². The molecular formula is C17H18O. The van der Waals surface area contributed by atoms with Crippen molar-refractivity contribution in [3.8, 4) is 11.5 Å². The number of fused-ring (bicyclic) bond motifs is 2. The second-order valence-corrected chi connectivity index (χ2v) is 5.73. The Morgan fingerprint density at radius 2 is 1.22 bits per heavy atom. The number of rotatable bonds is 0. The van der Waals surface area contributed by atoms with Crippen LogP contribution in [0.3, 0.4) is 0 Å². The number of aryl methyl sites for hydroxylation is 2. The van der Waals surface area contributed by atoms with Crippen molar-refractivity contribution in [3.63, 3.8) is 0 Å². The Morgan fingerprint density at radius 1 is 0.778 bits per heavy atom. The van der Waals surface area contributed by atoms with Crippen LogP contribution in [-0.4, -0.2) is 0 Å². The summed E-state index contributed by atoms with van der Waals surface area (Å²) in [6, 6.07) is 12.8. The molecule has 18 heavy (non-hydrogen) atoms. The Balaban J connectivity index is 2.27. The van der Waals surface area contributed by atoms with E-state index in [9.17, 15) is 0 Å². The molecule has 2 aromatic carbocycles. The van der Waals surface area contributed by atoms with Crippen molar-refractivity contribution in [1.29, 1.82) is 0 Å². The largest absolute Gasteiger partial charge is 0.457 e. The van der Waals surface area contributed by atoms with Gasteiger partial charge in [-0.05, 0) is 26.0 Å². The highest BCUT2D eigenvalue weighted by Crippen LogP contribution is 2.48. The molecule has 0 N–H and O–H groups in total. The third-order valence-corrected chi connectivity index (χ3v) is 3.84. The fourth-order valence-corrected chi connectivity index (χ4v) is 2.71. The van der Waals surface area contributed by atoms with Gasteiger partial charge in [0.2, 0.25) is 0 Å². The molecule has 0 fully saturated rings. The maximum atomic E-state index is 6.02. The third kappa shape index (κ3) is 1.54. The Bertz CT molecular complexity index is 570. The van der Waals surface area contributed by atoms with Gasteiger partial charge in [0.05, 0.1) is 0 Å². The Hall–Kier alpha value is -1.76. The predicted molar refractivity (Wildman–Crippen MR) is 74.6 cm³/mol. The van der Waals surface area contributed by atoms with E-state index in [4.69, 9.17) is 4.74 Å². The summed E-state index contributed by atoms with van der Waals surface area (Å²) >= 11 is 0. The van der Waals surface area contributed by atoms with Crippen LogP contribution in [0.2, 0.25) is 0 Å². The Kier molecular flexibility index (Phi) is 2.28. The predicted octanol–water partition coefficient (Wildman–Crippen LogP) is 4.74. The minimum absolute atomic E-state index is 0.000949. The molecule has 1 aliphatic rings. The fourth-order valence-electron chi connectivity index (χ4n) is 2.71. The van der Waals surface area contributed by atoms with Gasteiger partial charge in [0.15, 0.2) is 0 Å². The van der Waals surface area contributed by atoms with E-state index in [0.717, 1.165) is 11.5 Å². The average Bonchev–Trinajstić information content (AvgIpc) is 2.32. The summed E-state index contributed by atoms with van der Waals surface area (Å²) in [5.74, 6) is 1.98. The first-order chi connectivity index (χ1) is 8.48. The first-order valence-electron chi connectivity index (χ1n) is 6.38. The van der Waals surface area contributed by atoms with Gasteiger partial charge >= 0.3 is 0 Å². The molecule has 0 bridgehead atoms. The minimum Gasteiger partial charge on any atom is -0.457 e. The molecule has 0 aliphatic carbocycles. The van der Waals surface area contributed by atoms with Crippen molar-refractivity contribution in [2.75, 3.05) is 0 Å². The molecular weight excluding hydrogens is 220 g/mol. The molecule has 1 heterocycles. The maximum Gasteiger partial charge on any atom is 0.131 e. The first kappa shape index (κ1) is 11.3. The normalized spacial score (nSPS) is 15.6. The van der Waals surface area contributed by atoms with E-state index in [-0.39, 0.29) is 5.41 Å². The molecule has 92 valence electrons. The third-order valence-electron chi connectivity index (χ3n) is 3.84. The van der Waals surface area contributed by atoms with Gasteiger partial charge in [-0.2, -0.15) is 0 Å². The first-order valence-corrected chi connectivity index (χ1v) is 6.38. The number of benzene rings is 2. The van der Waals surface area contributed by atoms with Crippen molar-refractivity contribution in [2.24, 2.45) is 0 Å². The van der Waals surface area contributed by atoms with Gasteiger partial charge in [-0.3, -0.25) is 0 Å². The van der Waals surface area contributed by atoms with Gasteiger partial charge < -0.3 is 4.74 Å². The van der Waals surface area contributed by atoms with Crippen LogP contribution in [-0.2, 0) is 5.41 Å². The van der Waals surface area contributed by atoms with Crippen molar-refractivity contribution >= 4 is 0 Å². The summed E-state index contributed by atoms with van der Waals surface area (Å²) < 4.78 is 6.02. The number of hydrogen-bond acceptors (Lipinski definition) is 1. The molecule has 0 atom stereocenters. The second-order valence-electron chi connectivity index (χ2n) is 5.73. The molecule has 0 aromatic heterocycles. The van der Waals surface area contributed by atoms with Crippen molar-refractivity contribution in [3.05, 3.63) is 58.7 Å². The molecule has 3 rings (SSSR count). The van der Waals surface area contributed by atoms with E-state index in [1.807, 2.05) is 0 Å². The van der Waals surface area contributed by atoms with Gasteiger partial charge in [0.1, 0.15) is 11.5 Å². The molecule has 0 saturated heterocycles. The standard InChI is InChI=1S/C17H18O/c1-11-5-7-15-13(9-11)17(3,4)14-10-12(2)6-8-16(14)18-15/h5-10H,1-4H3. The number of ether oxygens (including phenoxy) is 1. The smallest absolute Gasteiger partial charge is 0.131 e. The van der Waals surface area contributed by atoms with Gasteiger partial charge in [0, 0.05) is 16.5 Å². The molecule has 1 heteroatoms. The van der Waals surface area contributed by atoms with Crippen LogP contribution < -0.4 is 4.74 Å².